The van der Waals surface area contributed by atoms with Crippen LogP contribution in [-0.4, -0.2) is 39.9 Å². The van der Waals surface area contributed by atoms with Crippen molar-refractivity contribution in [3.05, 3.63) is 258 Å². The van der Waals surface area contributed by atoms with E-state index in [-0.39, 0.29) is 65.0 Å². The number of benzene rings is 7. The first-order valence-electron chi connectivity index (χ1n) is 48.4. The number of nitrogens with one attached hydrogen (secondary N) is 4. The quantitative estimate of drug-likeness (QED) is 0.133. The average Bonchev–Trinajstić information content (AvgIpc) is 1.54. The van der Waals surface area contributed by atoms with Gasteiger partial charge in [-0.3, -0.25) is 0 Å². The van der Waals surface area contributed by atoms with E-state index in [4.69, 9.17) is 31.5 Å². The molecule has 3 aliphatic heterocycles. The minimum Gasteiger partial charge on any atom is -0.354 e. The molecule has 0 fully saturated rings. The van der Waals surface area contributed by atoms with Gasteiger partial charge in [-0.25, -0.2) is 19.9 Å². The number of rotatable bonds is 6. The Bertz CT molecular complexity index is 7380. The number of hydrogen-bond acceptors (Lipinski definition) is 4. The van der Waals surface area contributed by atoms with Gasteiger partial charge in [0.25, 0.3) is 0 Å². The predicted molar refractivity (Wildman–Crippen MR) is 579 cm³/mol. The highest BCUT2D eigenvalue weighted by atomic mass is 35.5. The van der Waals surface area contributed by atoms with Crippen molar-refractivity contribution in [1.29, 1.82) is 0 Å². The van der Waals surface area contributed by atoms with Gasteiger partial charge in [0, 0.05) is 88.0 Å². The minimum absolute atomic E-state index is 0.187. The van der Waals surface area contributed by atoms with Crippen molar-refractivity contribution in [3.63, 3.8) is 0 Å². The van der Waals surface area contributed by atoms with E-state index < -0.39 is 0 Å². The van der Waals surface area contributed by atoms with E-state index in [1.807, 2.05) is 0 Å². The summed E-state index contributed by atoms with van der Waals surface area (Å²) in [6.45, 7) is 83.9. The monoisotopic (exact) mass is 1780 g/mol. The van der Waals surface area contributed by atoms with Crippen molar-refractivity contribution in [2.24, 2.45) is 0 Å². The average molecular weight is 1780 g/mol. The molecule has 0 saturated carbocycles. The van der Waals surface area contributed by atoms with E-state index in [1.165, 1.54) is 66.8 Å². The summed E-state index contributed by atoms with van der Waals surface area (Å²) >= 11 is 9.12. The van der Waals surface area contributed by atoms with Crippen molar-refractivity contribution >= 4 is 125 Å². The Balaban J connectivity index is 1.18. The molecule has 0 atom stereocenters. The van der Waals surface area contributed by atoms with E-state index in [1.54, 1.807) is 0 Å². The second kappa shape index (κ2) is 31.5. The van der Waals surface area contributed by atoms with Crippen LogP contribution < -0.4 is 0 Å². The van der Waals surface area contributed by atoms with Gasteiger partial charge in [-0.05, 0) is 244 Å². The maximum absolute atomic E-state index is 9.12. The molecule has 8 nitrogen and oxygen atoms in total. The molecule has 16 bridgehead atoms. The van der Waals surface area contributed by atoms with Crippen LogP contribution in [0.4, 0.5) is 0 Å². The molecule has 686 valence electrons. The van der Waals surface area contributed by atoms with Crippen molar-refractivity contribution in [1.82, 2.24) is 39.9 Å². The van der Waals surface area contributed by atoms with Crippen LogP contribution in [0.15, 0.2) is 152 Å². The molecule has 17 rings (SSSR count). The number of hydrogen-bond donors (Lipinski definition) is 4. The molecular weight excluding hydrogens is 1640 g/mol. The summed E-state index contributed by atoms with van der Waals surface area (Å²) in [6, 6.07) is 59.7. The van der Waals surface area contributed by atoms with Gasteiger partial charge in [0.2, 0.25) is 0 Å². The fraction of sp³-hybridized carbons (Fsp3) is 0.387. The Kier molecular flexibility index (Phi) is 22.1. The highest BCUT2D eigenvalue weighted by Crippen LogP contribution is 2.52. The zero-order chi connectivity index (χ0) is 96.6. The van der Waals surface area contributed by atoms with Crippen LogP contribution in [0.5, 0.6) is 0 Å². The zero-order valence-electron chi connectivity index (χ0n) is 86.6. The third-order valence-corrected chi connectivity index (χ3v) is 28.5. The number of aromatic amines is 4. The zero-order valence-corrected chi connectivity index (χ0v) is 87.3. The van der Waals surface area contributed by atoms with Crippen molar-refractivity contribution in [2.75, 3.05) is 0 Å². The van der Waals surface area contributed by atoms with Crippen LogP contribution in [-0.2, 0) is 65.0 Å². The lowest BCUT2D eigenvalue weighted by Gasteiger charge is -2.26. The maximum atomic E-state index is 9.12. The van der Waals surface area contributed by atoms with Crippen molar-refractivity contribution in [3.8, 4) is 66.8 Å². The minimum atomic E-state index is -0.263. The van der Waals surface area contributed by atoms with Gasteiger partial charge >= 0.3 is 0 Å². The first-order valence-corrected chi connectivity index (χ1v) is 48.8. The molecule has 133 heavy (non-hydrogen) atoms. The Morgan fingerprint density at radius 1 is 0.195 bits per heavy atom. The number of halogens is 1. The van der Waals surface area contributed by atoms with Crippen LogP contribution in [0.3, 0.4) is 0 Å². The second-order valence-electron chi connectivity index (χ2n) is 51.3. The first kappa shape index (κ1) is 93.6. The lowest BCUT2D eigenvalue weighted by Crippen LogP contribution is -2.16. The SMILES string of the molecule is CC(C)(C)c1cc(-c2c3nc(c(-c4cc(C(C)(C)C)cc(C(C)(C)C)c4)c4[nH]c5c(c6nc(c(-c7cc(C(C)(C)C)cc(C(C)(C)C)c7)c7ccc2[nH]7)C=C6)c2cc6nc2c(c2ccc([nH]2)c(-c2cc(C(C)(C)C)cc(C(C)(C)C)c2)c2nc(c(-c7cc(C(C)(C)C)cc(C(C)(C)C)c7)c7ccc([nH]7)c6-c6cc(C(C)(C)C)cc(C(C)(C)C)c6)C=C2)c5c4Cl)C=C3)cc(C(C)(C)C)c1. The predicted octanol–water partition coefficient (Wildman–Crippen LogP) is 35.7. The van der Waals surface area contributed by atoms with Crippen molar-refractivity contribution in [2.45, 2.75) is 314 Å². The number of aromatic nitrogens is 8. The third-order valence-electron chi connectivity index (χ3n) is 28.1. The normalized spacial score (nSPS) is 14.0. The lowest BCUT2D eigenvalue weighted by molar-refractivity contribution is 0.568. The van der Waals surface area contributed by atoms with Crippen LogP contribution >= 0.6 is 11.6 Å². The van der Waals surface area contributed by atoms with E-state index >= 15 is 0 Å². The number of nitrogens with zero attached hydrogens (tertiary/aromatic N) is 4. The molecule has 0 unspecified atom stereocenters. The second-order valence-corrected chi connectivity index (χ2v) is 51.6. The molecule has 0 aliphatic carbocycles. The first-order chi connectivity index (χ1) is 61.3. The standard InChI is InChI=1S/C124H143ClN8/c1-113(2,3)74-49-68(50-75(61-74)114(4,5)6)100-87-37-40-90(126-87)103(71-55-80(119(19,20)21)64-81(56-71)120(22,23)24)94-45-48-98(131-94)107-108-109(125)112-105(73-59-84(123(31,32)33)66-85(60-73)124(34,35)36)96-46-43-92(129-96)101(69-51-76(115(7,8)9)62-77(52-69)116(10,11)12)88-38-39-89(127-88)102(70-53-78(117(13,14)15)63-79(54-70)118(16,17)18)93-44-47-97(130-93)106(111(108)133-112)86-67-99(132-110(86)107)104(95-42-41-91(100)128-95)72-57-82(121(25,26)27)65-83(58-72)122(28,29)30/h37-67,127-128,131,133H,1-36H3. The molecule has 7 aromatic heterocycles. The molecule has 14 aromatic rings. The van der Waals surface area contributed by atoms with E-state index in [0.29, 0.717) is 5.02 Å². The summed E-state index contributed by atoms with van der Waals surface area (Å²) in [7, 11) is 0. The molecule has 7 aromatic carbocycles. The fourth-order valence-corrected chi connectivity index (χ4v) is 19.5. The molecule has 0 saturated heterocycles. The van der Waals surface area contributed by atoms with Crippen LogP contribution in [0, 0.1) is 0 Å². The number of fused-ring (bicyclic) bond motifs is 18. The van der Waals surface area contributed by atoms with Gasteiger partial charge in [-0.1, -0.05) is 370 Å². The summed E-state index contributed by atoms with van der Waals surface area (Å²) in [6.07, 6.45) is 13.5. The van der Waals surface area contributed by atoms with Crippen LogP contribution in [0.1, 0.15) is 350 Å². The summed E-state index contributed by atoms with van der Waals surface area (Å²) in [5.41, 5.74) is 37.8. The Hall–Kier alpha value is -11.2. The smallest absolute Gasteiger partial charge is 0.0818 e. The van der Waals surface area contributed by atoms with E-state index in [2.05, 4.69) is 457 Å². The summed E-state index contributed by atoms with van der Waals surface area (Å²) in [5, 5.41) is 3.95. The topological polar surface area (TPSA) is 115 Å². The summed E-state index contributed by atoms with van der Waals surface area (Å²) < 4.78 is 0. The summed E-state index contributed by atoms with van der Waals surface area (Å²) in [4.78, 5) is 42.1. The highest BCUT2D eigenvalue weighted by molar-refractivity contribution is 6.46. The van der Waals surface area contributed by atoms with E-state index in [0.717, 1.165) is 178 Å². The highest BCUT2D eigenvalue weighted by Gasteiger charge is 2.35. The Morgan fingerprint density at radius 3 is 0.669 bits per heavy atom. The van der Waals surface area contributed by atoms with Gasteiger partial charge in [0.1, 0.15) is 0 Å². The molecule has 0 spiro atoms. The number of H-pyrrole nitrogens is 4. The third kappa shape index (κ3) is 17.7. The van der Waals surface area contributed by atoms with Gasteiger partial charge in [0.15, 0.2) is 0 Å². The molecular formula is C124H143ClN8. The van der Waals surface area contributed by atoms with Crippen molar-refractivity contribution < 1.29 is 0 Å². The Morgan fingerprint density at radius 2 is 0.406 bits per heavy atom. The molecule has 10 heterocycles. The molecule has 9 heteroatoms. The maximum Gasteiger partial charge on any atom is 0.0818 e. The van der Waals surface area contributed by atoms with Crippen LogP contribution in [0.25, 0.3) is 180 Å². The molecule has 4 N–H and O–H groups in total. The van der Waals surface area contributed by atoms with E-state index in [9.17, 15) is 0 Å². The van der Waals surface area contributed by atoms with Crippen LogP contribution in [0.2, 0.25) is 5.02 Å². The molecule has 0 radical (unpaired) electrons. The summed E-state index contributed by atoms with van der Waals surface area (Å²) in [5.74, 6) is 0. The molecule has 3 aliphatic rings. The lowest BCUT2D eigenvalue weighted by atomic mass is 9.78. The fourth-order valence-electron chi connectivity index (χ4n) is 19.2. The van der Waals surface area contributed by atoms with Gasteiger partial charge < -0.3 is 19.9 Å². The van der Waals surface area contributed by atoms with Gasteiger partial charge in [-0.15, -0.1) is 0 Å². The molecule has 0 amide bonds. The van der Waals surface area contributed by atoms with Gasteiger partial charge in [0.05, 0.1) is 61.3 Å². The largest absolute Gasteiger partial charge is 0.354 e. The Labute approximate surface area is 797 Å². The van der Waals surface area contributed by atoms with Gasteiger partial charge in [-0.2, -0.15) is 0 Å².